The monoisotopic (exact) mass is 725 g/mol. The van der Waals surface area contributed by atoms with Crippen LogP contribution in [0.25, 0.3) is 0 Å². The zero-order chi connectivity index (χ0) is 38.1. The van der Waals surface area contributed by atoms with E-state index in [2.05, 4.69) is 29.1 Å². The van der Waals surface area contributed by atoms with E-state index in [1.807, 2.05) is 91.0 Å². The molecule has 0 fully saturated rings. The lowest BCUT2D eigenvalue weighted by atomic mass is 9.95. The van der Waals surface area contributed by atoms with Crippen molar-refractivity contribution in [1.82, 2.24) is 16.0 Å². The Hall–Kier alpha value is -5.22. The number of hydrogen-bond acceptors (Lipinski definition) is 7. The van der Waals surface area contributed by atoms with Crippen molar-refractivity contribution < 1.29 is 33.8 Å². The van der Waals surface area contributed by atoms with Crippen molar-refractivity contribution in [1.29, 1.82) is 0 Å². The van der Waals surface area contributed by atoms with E-state index in [0.717, 1.165) is 16.7 Å². The number of hydrogen-bond donors (Lipinski definition) is 4. The topological polar surface area (TPSA) is 143 Å². The number of carbonyl (C=O) groups excluding carboxylic acids is 4. The number of amides is 3. The average molecular weight is 726 g/mol. The van der Waals surface area contributed by atoms with Gasteiger partial charge in [-0.15, -0.1) is 13.2 Å². The number of aliphatic hydroxyl groups excluding tert-OH is 1. The molecule has 0 aliphatic heterocycles. The van der Waals surface area contributed by atoms with Crippen molar-refractivity contribution in [3.63, 3.8) is 0 Å². The van der Waals surface area contributed by atoms with Gasteiger partial charge in [0, 0.05) is 13.0 Å². The second-order valence-corrected chi connectivity index (χ2v) is 13.1. The lowest BCUT2D eigenvalue weighted by Crippen LogP contribution is -2.45. The molecule has 0 spiro atoms. The number of carbonyl (C=O) groups is 4. The number of aliphatic hydroxyl groups is 1. The Morgan fingerprint density at radius 3 is 1.92 bits per heavy atom. The Bertz CT molecular complexity index is 1540. The first-order chi connectivity index (χ1) is 25.8. The van der Waals surface area contributed by atoms with Crippen LogP contribution < -0.4 is 16.0 Å². The van der Waals surface area contributed by atoms with Crippen molar-refractivity contribution in [3.05, 3.63) is 133 Å². The highest BCUT2D eigenvalue weighted by molar-refractivity contribution is 5.86. The Balaban J connectivity index is 1.60. The number of alkyl carbamates (subject to hydrolysis) is 1. The van der Waals surface area contributed by atoms with Crippen LogP contribution in [0.15, 0.2) is 116 Å². The predicted octanol–water partition coefficient (Wildman–Crippen LogP) is 6.24. The Kier molecular flexibility index (Phi) is 19.8. The molecular weight excluding hydrogens is 670 g/mol. The van der Waals surface area contributed by atoms with Gasteiger partial charge in [0.15, 0.2) is 0 Å². The number of benzene rings is 3. The smallest absolute Gasteiger partial charge is 0.407 e. The Morgan fingerprint density at radius 1 is 0.698 bits per heavy atom. The van der Waals surface area contributed by atoms with Crippen LogP contribution in [0, 0.1) is 11.8 Å². The summed E-state index contributed by atoms with van der Waals surface area (Å²) in [5.41, 5.74) is 2.88. The van der Waals surface area contributed by atoms with Gasteiger partial charge >= 0.3 is 12.1 Å². The maximum atomic E-state index is 13.6. The van der Waals surface area contributed by atoms with E-state index < -0.39 is 24.1 Å². The van der Waals surface area contributed by atoms with Gasteiger partial charge in [-0.25, -0.2) is 4.79 Å². The molecule has 3 aromatic carbocycles. The highest BCUT2D eigenvalue weighted by atomic mass is 16.5. The fourth-order valence-corrected chi connectivity index (χ4v) is 5.87. The summed E-state index contributed by atoms with van der Waals surface area (Å²) in [6, 6.07) is 27.6. The second kappa shape index (κ2) is 24.9. The molecule has 0 saturated heterocycles. The Morgan fingerprint density at radius 2 is 1.32 bits per heavy atom. The van der Waals surface area contributed by atoms with Crippen LogP contribution in [0.3, 0.4) is 0 Å². The summed E-state index contributed by atoms with van der Waals surface area (Å²) in [4.78, 5) is 52.3. The van der Waals surface area contributed by atoms with Gasteiger partial charge in [-0.3, -0.25) is 14.4 Å². The lowest BCUT2D eigenvalue weighted by Gasteiger charge is -2.24. The number of unbranched alkanes of at least 4 members (excludes halogenated alkanes) is 1. The third-order valence-corrected chi connectivity index (χ3v) is 8.78. The first kappa shape index (κ1) is 42.2. The highest BCUT2D eigenvalue weighted by Gasteiger charge is 2.26. The van der Waals surface area contributed by atoms with Crippen molar-refractivity contribution in [2.45, 2.75) is 76.5 Å². The van der Waals surface area contributed by atoms with Crippen LogP contribution in [0.1, 0.15) is 61.6 Å². The van der Waals surface area contributed by atoms with Gasteiger partial charge in [-0.05, 0) is 68.1 Å². The molecule has 53 heavy (non-hydrogen) atoms. The van der Waals surface area contributed by atoms with Gasteiger partial charge in [0.25, 0.3) is 0 Å². The number of ether oxygens (including phenoxy) is 2. The van der Waals surface area contributed by atoms with Gasteiger partial charge < -0.3 is 30.5 Å². The van der Waals surface area contributed by atoms with Crippen LogP contribution >= 0.6 is 0 Å². The van der Waals surface area contributed by atoms with Crippen molar-refractivity contribution >= 4 is 23.9 Å². The van der Waals surface area contributed by atoms with Gasteiger partial charge in [-0.1, -0.05) is 103 Å². The van der Waals surface area contributed by atoms with E-state index >= 15 is 0 Å². The number of nitrogens with one attached hydrogen (secondary N) is 3. The molecule has 3 amide bonds. The largest absolute Gasteiger partial charge is 0.463 e. The summed E-state index contributed by atoms with van der Waals surface area (Å²) in [6.07, 6.45) is 6.87. The molecule has 3 rings (SSSR count). The van der Waals surface area contributed by atoms with Gasteiger partial charge in [0.2, 0.25) is 11.8 Å². The SMILES string of the molecule is C=CCC[C@H](Cc1ccccc1)C(=O)OC[C@H](CCCCNC(=O)OCc1ccccc1)NC(=O)[C@H](CC=C)CC(=O)N[C@H](CO)Cc1ccccc1. The normalized spacial score (nSPS) is 13.0. The van der Waals surface area contributed by atoms with Crippen molar-refractivity contribution in [2.24, 2.45) is 11.8 Å². The van der Waals surface area contributed by atoms with Gasteiger partial charge in [0.1, 0.15) is 13.2 Å². The molecule has 0 unspecified atom stereocenters. The van der Waals surface area contributed by atoms with E-state index in [-0.39, 0.29) is 56.4 Å². The average Bonchev–Trinajstić information content (AvgIpc) is 3.18. The zero-order valence-electron chi connectivity index (χ0n) is 30.6. The molecule has 0 bridgehead atoms. The summed E-state index contributed by atoms with van der Waals surface area (Å²) in [5, 5.41) is 18.5. The molecule has 4 atom stereocenters. The van der Waals surface area contributed by atoms with Crippen molar-refractivity contribution in [2.75, 3.05) is 19.8 Å². The number of allylic oxidation sites excluding steroid dienone is 2. The van der Waals surface area contributed by atoms with Crippen LogP contribution in [0.2, 0.25) is 0 Å². The first-order valence-electron chi connectivity index (χ1n) is 18.4. The second-order valence-electron chi connectivity index (χ2n) is 13.1. The molecule has 0 radical (unpaired) electrons. The summed E-state index contributed by atoms with van der Waals surface area (Å²) < 4.78 is 11.1. The molecule has 10 nitrogen and oxygen atoms in total. The Labute approximate surface area is 314 Å². The number of esters is 1. The summed E-state index contributed by atoms with van der Waals surface area (Å²) in [6.45, 7) is 7.82. The van der Waals surface area contributed by atoms with Gasteiger partial charge in [0.05, 0.1) is 30.5 Å². The van der Waals surface area contributed by atoms with E-state index in [4.69, 9.17) is 9.47 Å². The fraction of sp³-hybridized carbons (Fsp3) is 0.395. The highest BCUT2D eigenvalue weighted by Crippen LogP contribution is 2.18. The van der Waals surface area contributed by atoms with E-state index in [9.17, 15) is 24.3 Å². The third-order valence-electron chi connectivity index (χ3n) is 8.78. The molecule has 284 valence electrons. The fourth-order valence-electron chi connectivity index (χ4n) is 5.87. The molecule has 0 aliphatic rings. The van der Waals surface area contributed by atoms with Crippen molar-refractivity contribution in [3.8, 4) is 0 Å². The standard InChI is InChI=1S/C43H55N3O7/c1-3-5-24-37(27-33-18-9-6-10-19-33)42(50)52-32-38(25-15-16-26-44-43(51)53-31-35-22-13-8-14-23-35)46-41(49)36(17-4-2)29-40(48)45-39(30-47)28-34-20-11-7-12-21-34/h3-4,6-14,18-23,36-39,47H,1-2,5,15-17,24-32H2,(H,44,51)(H,45,48)(H,46,49)/t36-,37-,38+,39+/m1/s1. The molecule has 3 aromatic rings. The first-order valence-corrected chi connectivity index (χ1v) is 18.4. The molecule has 0 aromatic heterocycles. The number of rotatable bonds is 25. The minimum atomic E-state index is -0.721. The molecular formula is C43H55N3O7. The van der Waals surface area contributed by atoms with Crippen LogP contribution in [-0.2, 0) is 43.3 Å². The lowest BCUT2D eigenvalue weighted by molar-refractivity contribution is -0.150. The summed E-state index contributed by atoms with van der Waals surface area (Å²) in [5.74, 6) is -2.18. The molecule has 10 heteroatoms. The third kappa shape index (κ3) is 17.2. The van der Waals surface area contributed by atoms with E-state index in [1.165, 1.54) is 0 Å². The molecule has 4 N–H and O–H groups in total. The van der Waals surface area contributed by atoms with Crippen LogP contribution in [-0.4, -0.2) is 60.8 Å². The molecule has 0 aliphatic carbocycles. The quantitative estimate of drug-likeness (QED) is 0.0460. The van der Waals surface area contributed by atoms with E-state index in [0.29, 0.717) is 51.5 Å². The summed E-state index contributed by atoms with van der Waals surface area (Å²) >= 11 is 0. The molecule has 0 heterocycles. The minimum Gasteiger partial charge on any atom is -0.463 e. The predicted molar refractivity (Wildman–Crippen MR) is 207 cm³/mol. The minimum absolute atomic E-state index is 0.0484. The van der Waals surface area contributed by atoms with Crippen LogP contribution in [0.5, 0.6) is 0 Å². The zero-order valence-corrected chi connectivity index (χ0v) is 30.6. The molecule has 0 saturated carbocycles. The van der Waals surface area contributed by atoms with Gasteiger partial charge in [-0.2, -0.15) is 0 Å². The van der Waals surface area contributed by atoms with E-state index in [1.54, 1.807) is 12.2 Å². The summed E-state index contributed by atoms with van der Waals surface area (Å²) in [7, 11) is 0. The van der Waals surface area contributed by atoms with Crippen LogP contribution in [0.4, 0.5) is 4.79 Å². The maximum Gasteiger partial charge on any atom is 0.407 e. The maximum absolute atomic E-state index is 13.6.